The van der Waals surface area contributed by atoms with Gasteiger partial charge < -0.3 is 4.57 Å². The van der Waals surface area contributed by atoms with Gasteiger partial charge in [0.15, 0.2) is 11.0 Å². The number of nitrogens with zero attached hydrogens (tertiary/aromatic N) is 4. The monoisotopic (exact) mass is 511 g/mol. The summed E-state index contributed by atoms with van der Waals surface area (Å²) in [4.78, 5) is 12.5. The molecule has 0 bridgehead atoms. The molecule has 0 saturated carbocycles. The number of aromatic nitrogens is 3. The first-order valence-corrected chi connectivity index (χ1v) is 13.4. The molecule has 4 rings (SSSR count). The van der Waals surface area contributed by atoms with Gasteiger partial charge in [-0.15, -0.1) is 10.2 Å². The first kappa shape index (κ1) is 26.4. The van der Waals surface area contributed by atoms with Crippen molar-refractivity contribution >= 4 is 23.4 Å². The van der Waals surface area contributed by atoms with Gasteiger partial charge in [0.1, 0.15) is 0 Å². The van der Waals surface area contributed by atoms with Crippen molar-refractivity contribution in [2.45, 2.75) is 51.7 Å². The minimum absolute atomic E-state index is 0.0950. The molecule has 1 heterocycles. The number of nitrogens with one attached hydrogen (secondary N) is 1. The van der Waals surface area contributed by atoms with Crippen LogP contribution in [0.4, 0.5) is 0 Å². The minimum Gasteiger partial charge on any atom is -0.302 e. The van der Waals surface area contributed by atoms with Crippen LogP contribution in [0.1, 0.15) is 45.7 Å². The van der Waals surface area contributed by atoms with E-state index in [2.05, 4.69) is 97.0 Å². The molecule has 0 saturated heterocycles. The molecule has 3 aromatic carbocycles. The highest BCUT2D eigenvalue weighted by molar-refractivity contribution is 7.99. The van der Waals surface area contributed by atoms with Crippen molar-refractivity contribution in [2.24, 2.45) is 5.10 Å². The molecule has 6 nitrogen and oxygen atoms in total. The van der Waals surface area contributed by atoms with Crippen LogP contribution < -0.4 is 5.43 Å². The van der Waals surface area contributed by atoms with Gasteiger partial charge in [-0.05, 0) is 41.5 Å². The van der Waals surface area contributed by atoms with Crippen LogP contribution in [0, 0.1) is 0 Å². The average Bonchev–Trinajstić information content (AvgIpc) is 3.33. The third-order valence-electron chi connectivity index (χ3n) is 6.13. The SMILES string of the molecule is CCn1c(SCC(=O)NN=C(C)c2ccc(-c3ccccc3)cc2)nnc1-c1ccc(C(C)(C)C)cc1. The molecule has 0 aliphatic heterocycles. The third-order valence-corrected chi connectivity index (χ3v) is 7.10. The van der Waals surface area contributed by atoms with Gasteiger partial charge in [0.2, 0.25) is 0 Å². The Morgan fingerprint density at radius 1 is 0.892 bits per heavy atom. The summed E-state index contributed by atoms with van der Waals surface area (Å²) in [5.74, 6) is 0.816. The number of benzene rings is 3. The smallest absolute Gasteiger partial charge is 0.250 e. The van der Waals surface area contributed by atoms with Crippen LogP contribution in [0.15, 0.2) is 89.1 Å². The average molecular weight is 512 g/mol. The second kappa shape index (κ2) is 11.6. The molecular weight excluding hydrogens is 478 g/mol. The molecule has 7 heteroatoms. The summed E-state index contributed by atoms with van der Waals surface area (Å²) >= 11 is 1.36. The fraction of sp³-hybridized carbons (Fsp3) is 0.267. The molecule has 4 aromatic rings. The van der Waals surface area contributed by atoms with Crippen molar-refractivity contribution in [2.75, 3.05) is 5.75 Å². The van der Waals surface area contributed by atoms with Crippen molar-refractivity contribution in [1.82, 2.24) is 20.2 Å². The second-order valence-electron chi connectivity index (χ2n) is 9.84. The van der Waals surface area contributed by atoms with Crippen LogP contribution >= 0.6 is 11.8 Å². The molecule has 0 unspecified atom stereocenters. The Hall–Kier alpha value is -3.71. The number of rotatable bonds is 8. The van der Waals surface area contributed by atoms with Gasteiger partial charge in [0.25, 0.3) is 5.91 Å². The highest BCUT2D eigenvalue weighted by atomic mass is 32.2. The van der Waals surface area contributed by atoms with Crippen LogP contribution in [0.3, 0.4) is 0 Å². The standard InChI is InChI=1S/C30H33N5OS/c1-6-35-28(25-16-18-26(19-17-25)30(3,4)5)33-34-29(35)37-20-27(36)32-31-21(2)22-12-14-24(15-13-22)23-10-8-7-9-11-23/h7-19H,6,20H2,1-5H3,(H,32,36). The van der Waals surface area contributed by atoms with E-state index in [9.17, 15) is 4.79 Å². The van der Waals surface area contributed by atoms with E-state index in [1.807, 2.05) is 41.8 Å². The van der Waals surface area contributed by atoms with E-state index in [4.69, 9.17) is 0 Å². The van der Waals surface area contributed by atoms with Crippen molar-refractivity contribution < 1.29 is 4.79 Å². The predicted octanol–water partition coefficient (Wildman–Crippen LogP) is 6.56. The lowest BCUT2D eigenvalue weighted by Gasteiger charge is -2.19. The fourth-order valence-electron chi connectivity index (χ4n) is 3.92. The van der Waals surface area contributed by atoms with Gasteiger partial charge in [-0.25, -0.2) is 5.43 Å². The van der Waals surface area contributed by atoms with E-state index in [1.165, 1.54) is 22.9 Å². The molecule has 0 aliphatic rings. The Balaban J connectivity index is 1.36. The number of hydrogen-bond acceptors (Lipinski definition) is 5. The quantitative estimate of drug-likeness (QED) is 0.165. The molecule has 0 radical (unpaired) electrons. The molecule has 1 aromatic heterocycles. The summed E-state index contributed by atoms with van der Waals surface area (Å²) in [6.07, 6.45) is 0. The Bertz CT molecular complexity index is 1370. The van der Waals surface area contributed by atoms with Crippen molar-refractivity contribution in [3.05, 3.63) is 90.0 Å². The van der Waals surface area contributed by atoms with Gasteiger partial charge in [-0.3, -0.25) is 4.79 Å². The van der Waals surface area contributed by atoms with E-state index < -0.39 is 0 Å². The van der Waals surface area contributed by atoms with Crippen molar-refractivity contribution in [3.8, 4) is 22.5 Å². The zero-order chi connectivity index (χ0) is 26.4. The maximum Gasteiger partial charge on any atom is 0.250 e. The van der Waals surface area contributed by atoms with Crippen LogP contribution in [0.2, 0.25) is 0 Å². The summed E-state index contributed by atoms with van der Waals surface area (Å²) in [6.45, 7) is 11.2. The molecule has 1 amide bonds. The summed E-state index contributed by atoms with van der Waals surface area (Å²) in [5.41, 5.74) is 9.05. The number of carbonyl (C=O) groups excluding carboxylic acids is 1. The van der Waals surface area contributed by atoms with E-state index >= 15 is 0 Å². The lowest BCUT2D eigenvalue weighted by molar-refractivity contribution is -0.118. The molecule has 0 atom stereocenters. The van der Waals surface area contributed by atoms with Gasteiger partial charge in [-0.1, -0.05) is 111 Å². The van der Waals surface area contributed by atoms with Crippen LogP contribution in [0.5, 0.6) is 0 Å². The van der Waals surface area contributed by atoms with E-state index in [0.717, 1.165) is 28.2 Å². The van der Waals surface area contributed by atoms with Gasteiger partial charge in [-0.2, -0.15) is 5.10 Å². The predicted molar refractivity (Wildman–Crippen MR) is 153 cm³/mol. The molecule has 0 aliphatic carbocycles. The molecule has 0 fully saturated rings. The number of hydrogen-bond donors (Lipinski definition) is 1. The number of amides is 1. The van der Waals surface area contributed by atoms with Gasteiger partial charge >= 0.3 is 0 Å². The van der Waals surface area contributed by atoms with Crippen LogP contribution in [-0.2, 0) is 16.8 Å². The van der Waals surface area contributed by atoms with Crippen LogP contribution in [-0.4, -0.2) is 32.1 Å². The lowest BCUT2D eigenvalue weighted by atomic mass is 9.87. The van der Waals surface area contributed by atoms with E-state index in [-0.39, 0.29) is 17.1 Å². The van der Waals surface area contributed by atoms with Crippen molar-refractivity contribution in [1.29, 1.82) is 0 Å². The highest BCUT2D eigenvalue weighted by Gasteiger charge is 2.17. The summed E-state index contributed by atoms with van der Waals surface area (Å²) in [5, 5.41) is 13.8. The summed E-state index contributed by atoms with van der Waals surface area (Å²) < 4.78 is 2.03. The Labute approximate surface area is 223 Å². The minimum atomic E-state index is -0.188. The van der Waals surface area contributed by atoms with E-state index in [0.29, 0.717) is 11.7 Å². The summed E-state index contributed by atoms with van der Waals surface area (Å²) in [7, 11) is 0. The maximum atomic E-state index is 12.5. The zero-order valence-electron chi connectivity index (χ0n) is 22.0. The van der Waals surface area contributed by atoms with Crippen molar-refractivity contribution in [3.63, 3.8) is 0 Å². The lowest BCUT2D eigenvalue weighted by Crippen LogP contribution is -2.21. The van der Waals surface area contributed by atoms with E-state index in [1.54, 1.807) is 0 Å². The van der Waals surface area contributed by atoms with Gasteiger partial charge in [0.05, 0.1) is 11.5 Å². The Kier molecular flexibility index (Phi) is 8.24. The maximum absolute atomic E-state index is 12.5. The molecule has 37 heavy (non-hydrogen) atoms. The number of hydrazone groups is 1. The molecule has 190 valence electrons. The Morgan fingerprint density at radius 3 is 2.14 bits per heavy atom. The molecule has 0 spiro atoms. The Morgan fingerprint density at radius 2 is 1.51 bits per heavy atom. The fourth-order valence-corrected chi connectivity index (χ4v) is 4.72. The highest BCUT2D eigenvalue weighted by Crippen LogP contribution is 2.27. The third kappa shape index (κ3) is 6.54. The normalized spacial score (nSPS) is 12.0. The van der Waals surface area contributed by atoms with Crippen LogP contribution in [0.25, 0.3) is 22.5 Å². The topological polar surface area (TPSA) is 72.2 Å². The summed E-state index contributed by atoms with van der Waals surface area (Å²) in [6, 6.07) is 26.8. The number of carbonyl (C=O) groups is 1. The van der Waals surface area contributed by atoms with Gasteiger partial charge in [0, 0.05) is 12.1 Å². The molecular formula is C30H33N5OS. The second-order valence-corrected chi connectivity index (χ2v) is 10.8. The zero-order valence-corrected chi connectivity index (χ0v) is 22.8. The first-order valence-electron chi connectivity index (χ1n) is 12.4. The number of thioether (sulfide) groups is 1. The first-order chi connectivity index (χ1) is 17.8. The largest absolute Gasteiger partial charge is 0.302 e. The molecule has 1 N–H and O–H groups in total.